The van der Waals surface area contributed by atoms with Crippen LogP contribution in [-0.2, 0) is 13.1 Å². The van der Waals surface area contributed by atoms with Gasteiger partial charge in [-0.05, 0) is 29.3 Å². The molecule has 0 aliphatic heterocycles. The summed E-state index contributed by atoms with van der Waals surface area (Å²) in [6, 6.07) is 19.0. The molecule has 3 N–H and O–H groups in total. The van der Waals surface area contributed by atoms with Gasteiger partial charge in [-0.1, -0.05) is 42.5 Å². The molecule has 0 aliphatic carbocycles. The van der Waals surface area contributed by atoms with Crippen LogP contribution in [0.4, 0.5) is 16.4 Å². The molecule has 2 amide bonds. The van der Waals surface area contributed by atoms with Crippen LogP contribution in [0.5, 0.6) is 0 Å². The SMILES string of the molecule is O=C(NCc1ccccc1)Nc1ccc(CNc2ncccn2)cc1. The summed E-state index contributed by atoms with van der Waals surface area (Å²) in [7, 11) is 0. The Morgan fingerprint density at radius 3 is 2.20 bits per heavy atom. The molecule has 0 fully saturated rings. The lowest BCUT2D eigenvalue weighted by atomic mass is 10.2. The van der Waals surface area contributed by atoms with Crippen molar-refractivity contribution in [2.45, 2.75) is 13.1 Å². The number of hydrogen-bond donors (Lipinski definition) is 3. The average Bonchev–Trinajstić information content (AvgIpc) is 2.67. The van der Waals surface area contributed by atoms with Crippen LogP contribution < -0.4 is 16.0 Å². The predicted octanol–water partition coefficient (Wildman–Crippen LogP) is 3.41. The molecule has 6 nitrogen and oxygen atoms in total. The maximum absolute atomic E-state index is 11.9. The van der Waals surface area contributed by atoms with E-state index in [2.05, 4.69) is 25.9 Å². The van der Waals surface area contributed by atoms with Gasteiger partial charge in [-0.3, -0.25) is 0 Å². The molecule has 0 bridgehead atoms. The highest BCUT2D eigenvalue weighted by molar-refractivity contribution is 5.89. The molecular weight excluding hydrogens is 314 g/mol. The zero-order valence-electron chi connectivity index (χ0n) is 13.6. The van der Waals surface area contributed by atoms with E-state index in [0.29, 0.717) is 19.0 Å². The third-order valence-electron chi connectivity index (χ3n) is 3.52. The van der Waals surface area contributed by atoms with Crippen molar-refractivity contribution in [1.82, 2.24) is 15.3 Å². The van der Waals surface area contributed by atoms with Crippen molar-refractivity contribution in [1.29, 1.82) is 0 Å². The number of anilines is 2. The van der Waals surface area contributed by atoms with Crippen molar-refractivity contribution >= 4 is 17.7 Å². The second kappa shape index (κ2) is 8.44. The van der Waals surface area contributed by atoms with Gasteiger partial charge in [0.05, 0.1) is 0 Å². The van der Waals surface area contributed by atoms with Gasteiger partial charge in [-0.15, -0.1) is 0 Å². The average molecular weight is 333 g/mol. The Balaban J connectivity index is 1.46. The Bertz CT molecular complexity index is 791. The summed E-state index contributed by atoms with van der Waals surface area (Å²) in [5, 5.41) is 8.79. The van der Waals surface area contributed by atoms with Crippen LogP contribution in [0.2, 0.25) is 0 Å². The topological polar surface area (TPSA) is 78.9 Å². The molecule has 0 unspecified atom stereocenters. The van der Waals surface area contributed by atoms with E-state index in [1.54, 1.807) is 18.5 Å². The molecule has 1 heterocycles. The molecule has 0 aliphatic rings. The largest absolute Gasteiger partial charge is 0.350 e. The molecule has 0 saturated heterocycles. The third kappa shape index (κ3) is 5.31. The second-order valence-electron chi connectivity index (χ2n) is 5.42. The van der Waals surface area contributed by atoms with Crippen LogP contribution in [-0.4, -0.2) is 16.0 Å². The lowest BCUT2D eigenvalue weighted by Crippen LogP contribution is -2.28. The summed E-state index contributed by atoms with van der Waals surface area (Å²) in [6.45, 7) is 1.11. The number of amides is 2. The van der Waals surface area contributed by atoms with E-state index in [-0.39, 0.29) is 6.03 Å². The number of hydrogen-bond acceptors (Lipinski definition) is 4. The maximum Gasteiger partial charge on any atom is 0.319 e. The first-order valence-corrected chi connectivity index (χ1v) is 7.98. The van der Waals surface area contributed by atoms with Crippen molar-refractivity contribution < 1.29 is 4.79 Å². The Kier molecular flexibility index (Phi) is 5.56. The zero-order valence-corrected chi connectivity index (χ0v) is 13.6. The molecule has 6 heteroatoms. The van der Waals surface area contributed by atoms with E-state index in [0.717, 1.165) is 16.8 Å². The van der Waals surface area contributed by atoms with E-state index in [4.69, 9.17) is 0 Å². The van der Waals surface area contributed by atoms with Gasteiger partial charge in [0.2, 0.25) is 5.95 Å². The third-order valence-corrected chi connectivity index (χ3v) is 3.52. The van der Waals surface area contributed by atoms with Gasteiger partial charge in [0.25, 0.3) is 0 Å². The molecule has 3 aromatic rings. The molecule has 2 aromatic carbocycles. The minimum absolute atomic E-state index is 0.229. The highest BCUT2D eigenvalue weighted by Gasteiger charge is 2.02. The Labute approximate surface area is 146 Å². The fourth-order valence-electron chi connectivity index (χ4n) is 2.23. The molecule has 3 rings (SSSR count). The van der Waals surface area contributed by atoms with Crippen molar-refractivity contribution in [3.8, 4) is 0 Å². The summed E-state index contributed by atoms with van der Waals surface area (Å²) >= 11 is 0. The number of benzene rings is 2. The van der Waals surface area contributed by atoms with Crippen LogP contribution in [0.1, 0.15) is 11.1 Å². The molecule has 126 valence electrons. The summed E-state index contributed by atoms with van der Waals surface area (Å²) in [5.74, 6) is 0.588. The second-order valence-corrected chi connectivity index (χ2v) is 5.42. The van der Waals surface area contributed by atoms with Crippen molar-refractivity contribution in [3.05, 3.63) is 84.2 Å². The number of urea groups is 1. The Morgan fingerprint density at radius 2 is 1.48 bits per heavy atom. The molecule has 0 radical (unpaired) electrons. The van der Waals surface area contributed by atoms with Gasteiger partial charge in [0.15, 0.2) is 0 Å². The number of carbonyl (C=O) groups is 1. The predicted molar refractivity (Wildman–Crippen MR) is 98.1 cm³/mol. The van der Waals surface area contributed by atoms with E-state index in [9.17, 15) is 4.79 Å². The standard InChI is InChI=1S/C19H19N5O/c25-19(23-14-15-5-2-1-3-6-15)24-17-9-7-16(8-10-17)13-22-18-20-11-4-12-21-18/h1-12H,13-14H2,(H,20,21,22)(H2,23,24,25). The van der Waals surface area contributed by atoms with E-state index < -0.39 is 0 Å². The lowest BCUT2D eigenvalue weighted by molar-refractivity contribution is 0.251. The van der Waals surface area contributed by atoms with E-state index >= 15 is 0 Å². The summed E-state index contributed by atoms with van der Waals surface area (Å²) in [6.07, 6.45) is 3.38. The van der Waals surface area contributed by atoms with Crippen LogP contribution in [0, 0.1) is 0 Å². The first-order chi connectivity index (χ1) is 12.3. The number of nitrogens with zero attached hydrogens (tertiary/aromatic N) is 2. The first-order valence-electron chi connectivity index (χ1n) is 7.98. The minimum atomic E-state index is -0.229. The molecule has 0 spiro atoms. The van der Waals surface area contributed by atoms with Crippen molar-refractivity contribution in [3.63, 3.8) is 0 Å². The highest BCUT2D eigenvalue weighted by Crippen LogP contribution is 2.10. The van der Waals surface area contributed by atoms with Gasteiger partial charge in [0.1, 0.15) is 0 Å². The van der Waals surface area contributed by atoms with Crippen LogP contribution in [0.15, 0.2) is 73.1 Å². The smallest absolute Gasteiger partial charge is 0.319 e. The molecule has 1 aromatic heterocycles. The van der Waals surface area contributed by atoms with Gasteiger partial charge in [0, 0.05) is 31.2 Å². The van der Waals surface area contributed by atoms with Crippen LogP contribution >= 0.6 is 0 Å². The fraction of sp³-hybridized carbons (Fsp3) is 0.105. The van der Waals surface area contributed by atoms with Gasteiger partial charge in [-0.2, -0.15) is 0 Å². The summed E-state index contributed by atoms with van der Waals surface area (Å²) in [4.78, 5) is 20.1. The molecule has 0 atom stereocenters. The minimum Gasteiger partial charge on any atom is -0.350 e. The monoisotopic (exact) mass is 333 g/mol. The summed E-state index contributed by atoms with van der Waals surface area (Å²) < 4.78 is 0. The van der Waals surface area contributed by atoms with Crippen molar-refractivity contribution in [2.75, 3.05) is 10.6 Å². The molecular formula is C19H19N5O. The van der Waals surface area contributed by atoms with Gasteiger partial charge < -0.3 is 16.0 Å². The Hall–Kier alpha value is -3.41. The maximum atomic E-state index is 11.9. The fourth-order valence-corrected chi connectivity index (χ4v) is 2.23. The van der Waals surface area contributed by atoms with Crippen LogP contribution in [0.3, 0.4) is 0 Å². The number of rotatable bonds is 6. The highest BCUT2D eigenvalue weighted by atomic mass is 16.2. The van der Waals surface area contributed by atoms with E-state index in [1.165, 1.54) is 0 Å². The molecule has 0 saturated carbocycles. The van der Waals surface area contributed by atoms with Crippen LogP contribution in [0.25, 0.3) is 0 Å². The quantitative estimate of drug-likeness (QED) is 0.646. The Morgan fingerprint density at radius 1 is 0.800 bits per heavy atom. The number of nitrogens with one attached hydrogen (secondary N) is 3. The van der Waals surface area contributed by atoms with Crippen molar-refractivity contribution in [2.24, 2.45) is 0 Å². The van der Waals surface area contributed by atoms with E-state index in [1.807, 2.05) is 54.6 Å². The van der Waals surface area contributed by atoms with Gasteiger partial charge >= 0.3 is 6.03 Å². The molecule has 25 heavy (non-hydrogen) atoms. The first kappa shape index (κ1) is 16.4. The summed E-state index contributed by atoms with van der Waals surface area (Å²) in [5.41, 5.74) is 2.87. The normalized spacial score (nSPS) is 10.1. The number of aromatic nitrogens is 2. The van der Waals surface area contributed by atoms with Gasteiger partial charge in [-0.25, -0.2) is 14.8 Å². The zero-order chi connectivity index (χ0) is 17.3. The lowest BCUT2D eigenvalue weighted by Gasteiger charge is -2.09. The number of carbonyl (C=O) groups excluding carboxylic acids is 1.